The van der Waals surface area contributed by atoms with Crippen LogP contribution in [0.4, 0.5) is 5.69 Å². The molecule has 0 saturated carbocycles. The molecule has 5 atom stereocenters. The summed E-state index contributed by atoms with van der Waals surface area (Å²) in [5, 5.41) is 12.7. The highest BCUT2D eigenvalue weighted by Gasteiger charge is 2.68. The Morgan fingerprint density at radius 3 is 2.38 bits per heavy atom. The first-order valence-electron chi connectivity index (χ1n) is 17.1. The van der Waals surface area contributed by atoms with Crippen LogP contribution < -0.4 is 5.32 Å². The standard InChI is InChI=1S/C37H52N4O5Si/c1-34(2)14-12-24(13-15-34)28-18-25(26-19-36(5)30-31(37(6,20-26)46-36)45-35(3,4)44-30)10-11-29(28)40-33(42)32-39-27(21-38)22-41(32)23-43-16-17-47(7,8)9/h10-12,18,22,26,30-31H,13-17,19-20,23H2,1-9H3,(H,40,42)/t26-,30+,31-,36?,37?. The number of ether oxygens (including phenoxy) is 4. The first-order valence-corrected chi connectivity index (χ1v) is 20.9. The van der Waals surface area contributed by atoms with Gasteiger partial charge in [-0.05, 0) is 100 Å². The van der Waals surface area contributed by atoms with Gasteiger partial charge < -0.3 is 28.8 Å². The summed E-state index contributed by atoms with van der Waals surface area (Å²) in [6.07, 6.45) is 8.33. The number of allylic oxidation sites excluding steroid dienone is 2. The quantitative estimate of drug-likeness (QED) is 0.216. The number of nitriles is 1. The van der Waals surface area contributed by atoms with E-state index in [0.717, 1.165) is 49.4 Å². The van der Waals surface area contributed by atoms with Crippen LogP contribution in [0.25, 0.3) is 5.57 Å². The Bertz CT molecular complexity index is 1590. The summed E-state index contributed by atoms with van der Waals surface area (Å²) in [7, 11) is -1.26. The highest BCUT2D eigenvalue weighted by molar-refractivity contribution is 6.76. The third-order valence-corrected chi connectivity index (χ3v) is 12.2. The van der Waals surface area contributed by atoms with E-state index in [0.29, 0.717) is 6.61 Å². The zero-order chi connectivity index (χ0) is 34.0. The van der Waals surface area contributed by atoms with Crippen molar-refractivity contribution in [2.45, 2.75) is 141 Å². The minimum Gasteiger partial charge on any atom is -0.363 e. The van der Waals surface area contributed by atoms with Gasteiger partial charge in [0.15, 0.2) is 11.5 Å². The SMILES string of the molecule is CC1(C)CC=C(c2cc([C@H]3CC4(C)OC(C)(C3)[C@H]3OC(C)(C)O[C@H]34)ccc2NC(=O)c2nc(C#N)cn2COCC[Si](C)(C)C)CC1. The smallest absolute Gasteiger partial charge is 0.291 e. The number of imidazole rings is 1. The zero-order valence-electron chi connectivity index (χ0n) is 29.7. The van der Waals surface area contributed by atoms with E-state index in [1.807, 2.05) is 19.9 Å². The number of carbonyl (C=O) groups excluding carboxylic acids is 1. The van der Waals surface area contributed by atoms with E-state index in [4.69, 9.17) is 18.9 Å². The number of nitrogens with zero attached hydrogens (tertiary/aromatic N) is 3. The van der Waals surface area contributed by atoms with E-state index in [2.05, 4.69) is 81.9 Å². The Hall–Kier alpha value is -2.81. The molecule has 3 aliphatic heterocycles. The van der Waals surface area contributed by atoms with Crippen LogP contribution >= 0.6 is 0 Å². The van der Waals surface area contributed by atoms with Crippen LogP contribution in [-0.2, 0) is 25.7 Å². The van der Waals surface area contributed by atoms with Gasteiger partial charge in [-0.3, -0.25) is 4.79 Å². The second-order valence-corrected chi connectivity index (χ2v) is 22.7. The van der Waals surface area contributed by atoms with Gasteiger partial charge in [-0.1, -0.05) is 45.6 Å². The first kappa shape index (κ1) is 34.1. The normalized spacial score (nSPS) is 30.8. The van der Waals surface area contributed by atoms with Crippen molar-refractivity contribution < 1.29 is 23.7 Å². The van der Waals surface area contributed by atoms with Gasteiger partial charge >= 0.3 is 0 Å². The molecule has 1 amide bonds. The highest BCUT2D eigenvalue weighted by atomic mass is 28.3. The second kappa shape index (κ2) is 12.0. The predicted molar refractivity (Wildman–Crippen MR) is 185 cm³/mol. The van der Waals surface area contributed by atoms with Crippen molar-refractivity contribution >= 4 is 25.2 Å². The third kappa shape index (κ3) is 7.02. The molecule has 3 saturated heterocycles. The zero-order valence-corrected chi connectivity index (χ0v) is 30.7. The summed E-state index contributed by atoms with van der Waals surface area (Å²) in [6.45, 7) is 20.6. The summed E-state index contributed by atoms with van der Waals surface area (Å²) < 4.78 is 27.1. The van der Waals surface area contributed by atoms with E-state index in [-0.39, 0.29) is 47.7 Å². The van der Waals surface area contributed by atoms with Crippen LogP contribution in [0.2, 0.25) is 25.7 Å². The maximum atomic E-state index is 13.8. The molecule has 10 heteroatoms. The lowest BCUT2D eigenvalue weighted by Gasteiger charge is -2.43. The van der Waals surface area contributed by atoms with Gasteiger partial charge in [0.1, 0.15) is 25.0 Å². The van der Waals surface area contributed by atoms with Gasteiger partial charge in [0.05, 0.1) is 11.2 Å². The minimum absolute atomic E-state index is 0.115. The van der Waals surface area contributed by atoms with Gasteiger partial charge in [-0.25, -0.2) is 4.98 Å². The number of hydrogen-bond acceptors (Lipinski definition) is 7. The van der Waals surface area contributed by atoms with Gasteiger partial charge in [0.25, 0.3) is 5.91 Å². The summed E-state index contributed by atoms with van der Waals surface area (Å²) in [6, 6.07) is 9.54. The molecule has 1 aromatic carbocycles. The van der Waals surface area contributed by atoms with Crippen LogP contribution in [0.15, 0.2) is 30.5 Å². The minimum atomic E-state index is -1.26. The number of nitrogens with one attached hydrogen (secondary N) is 1. The fraction of sp³-hybridized carbons (Fsp3) is 0.649. The Kier molecular flexibility index (Phi) is 8.66. The maximum Gasteiger partial charge on any atom is 0.291 e. The van der Waals surface area contributed by atoms with Crippen molar-refractivity contribution in [3.8, 4) is 6.07 Å². The number of aromatic nitrogens is 2. The molecule has 254 valence electrons. The number of benzene rings is 1. The highest BCUT2D eigenvalue weighted by Crippen LogP contribution is 2.58. The summed E-state index contributed by atoms with van der Waals surface area (Å²) in [4.78, 5) is 18.2. The lowest BCUT2D eigenvalue weighted by Crippen LogP contribution is -2.46. The van der Waals surface area contributed by atoms with E-state index < -0.39 is 25.1 Å². The van der Waals surface area contributed by atoms with Crippen LogP contribution in [-0.4, -0.2) is 59.3 Å². The number of carbonyl (C=O) groups is 1. The summed E-state index contributed by atoms with van der Waals surface area (Å²) in [5.41, 5.74) is 3.78. The molecule has 0 spiro atoms. The molecule has 3 fully saturated rings. The molecule has 9 nitrogen and oxygen atoms in total. The third-order valence-electron chi connectivity index (χ3n) is 10.5. The van der Waals surface area contributed by atoms with E-state index >= 15 is 0 Å². The second-order valence-electron chi connectivity index (χ2n) is 17.0. The van der Waals surface area contributed by atoms with Gasteiger partial charge in [0, 0.05) is 32.1 Å². The summed E-state index contributed by atoms with van der Waals surface area (Å²) >= 11 is 0. The molecule has 4 heterocycles. The van der Waals surface area contributed by atoms with E-state index in [9.17, 15) is 10.1 Å². The van der Waals surface area contributed by atoms with Crippen molar-refractivity contribution in [1.82, 2.24) is 9.55 Å². The molecular formula is C37H52N4O5Si. The molecule has 2 bridgehead atoms. The first-order chi connectivity index (χ1) is 21.9. The van der Waals surface area contributed by atoms with E-state index in [1.165, 1.54) is 11.1 Å². The monoisotopic (exact) mass is 660 g/mol. The molecule has 4 aliphatic rings. The van der Waals surface area contributed by atoms with Crippen LogP contribution in [0.5, 0.6) is 0 Å². The Balaban J connectivity index is 1.28. The molecule has 1 aromatic heterocycles. The predicted octanol–water partition coefficient (Wildman–Crippen LogP) is 7.86. The Labute approximate surface area is 281 Å². The van der Waals surface area contributed by atoms with Crippen molar-refractivity contribution in [2.24, 2.45) is 5.41 Å². The molecular weight excluding hydrogens is 609 g/mol. The maximum absolute atomic E-state index is 13.8. The molecule has 2 aromatic rings. The molecule has 1 aliphatic carbocycles. The summed E-state index contributed by atoms with van der Waals surface area (Å²) in [5.74, 6) is -0.570. The number of fused-ring (bicyclic) bond motifs is 5. The number of rotatable bonds is 9. The van der Waals surface area contributed by atoms with Crippen molar-refractivity contribution in [3.05, 3.63) is 53.1 Å². The van der Waals surface area contributed by atoms with Crippen molar-refractivity contribution in [1.29, 1.82) is 5.26 Å². The van der Waals surface area contributed by atoms with Crippen LogP contribution in [0, 0.1) is 16.7 Å². The van der Waals surface area contributed by atoms with Crippen molar-refractivity contribution in [2.75, 3.05) is 11.9 Å². The van der Waals surface area contributed by atoms with E-state index in [1.54, 1.807) is 10.8 Å². The number of amides is 1. The average molecular weight is 661 g/mol. The molecule has 47 heavy (non-hydrogen) atoms. The largest absolute Gasteiger partial charge is 0.363 e. The average Bonchev–Trinajstić information content (AvgIpc) is 3.59. The van der Waals surface area contributed by atoms with Crippen molar-refractivity contribution in [3.63, 3.8) is 0 Å². The fourth-order valence-electron chi connectivity index (χ4n) is 7.88. The molecule has 6 rings (SSSR count). The Morgan fingerprint density at radius 1 is 1.11 bits per heavy atom. The lowest BCUT2D eigenvalue weighted by molar-refractivity contribution is -0.242. The van der Waals surface area contributed by atoms with Gasteiger partial charge in [0.2, 0.25) is 5.82 Å². The topological polar surface area (TPSA) is 108 Å². The molecule has 1 N–H and O–H groups in total. The number of anilines is 1. The van der Waals surface area contributed by atoms with Gasteiger partial charge in [-0.2, -0.15) is 5.26 Å². The van der Waals surface area contributed by atoms with Crippen LogP contribution in [0.3, 0.4) is 0 Å². The molecule has 2 unspecified atom stereocenters. The van der Waals surface area contributed by atoms with Gasteiger partial charge in [-0.15, -0.1) is 0 Å². The van der Waals surface area contributed by atoms with Crippen LogP contribution in [0.1, 0.15) is 107 Å². The number of hydrogen-bond donors (Lipinski definition) is 1. The fourth-order valence-corrected chi connectivity index (χ4v) is 8.64. The Morgan fingerprint density at radius 2 is 1.79 bits per heavy atom. The molecule has 0 radical (unpaired) electrons. The lowest BCUT2D eigenvalue weighted by atomic mass is 9.75.